The van der Waals surface area contributed by atoms with E-state index in [1.165, 1.54) is 38.5 Å². The topological polar surface area (TPSA) is 66.9 Å². The van der Waals surface area contributed by atoms with E-state index in [2.05, 4.69) is 33.2 Å². The normalized spacial score (nSPS) is 28.8. The molecule has 0 saturated heterocycles. The molecule has 2 N–H and O–H groups in total. The van der Waals surface area contributed by atoms with Crippen molar-refractivity contribution in [3.8, 4) is 0 Å². The first-order valence-corrected chi connectivity index (χ1v) is 13.7. The van der Waals surface area contributed by atoms with E-state index < -0.39 is 0 Å². The highest BCUT2D eigenvalue weighted by Crippen LogP contribution is 2.61. The van der Waals surface area contributed by atoms with Gasteiger partial charge in [0.2, 0.25) is 5.91 Å². The molecule has 4 fully saturated rings. The molecule has 33 heavy (non-hydrogen) atoms. The number of halogens is 1. The summed E-state index contributed by atoms with van der Waals surface area (Å²) in [6, 6.07) is 5.87. The van der Waals surface area contributed by atoms with Gasteiger partial charge in [-0.05, 0) is 112 Å². The number of nitrogens with one attached hydrogen (secondary N) is 2. The lowest BCUT2D eigenvalue weighted by Gasteiger charge is -2.59. The van der Waals surface area contributed by atoms with Crippen molar-refractivity contribution in [1.29, 1.82) is 0 Å². The molecule has 1 aromatic carbocycles. The van der Waals surface area contributed by atoms with Gasteiger partial charge in [-0.25, -0.2) is 0 Å². The minimum Gasteiger partial charge on any atom is -0.353 e. The number of nitrogens with zero attached hydrogens (tertiary/aromatic N) is 1. The number of H-pyrrole nitrogens is 1. The van der Waals surface area contributed by atoms with Crippen LogP contribution in [0.2, 0.25) is 0 Å². The highest BCUT2D eigenvalue weighted by Gasteiger charge is 2.53. The first-order chi connectivity index (χ1) is 15.8. The van der Waals surface area contributed by atoms with Crippen molar-refractivity contribution in [2.75, 3.05) is 0 Å². The van der Waals surface area contributed by atoms with Gasteiger partial charge in [-0.2, -0.15) is 0 Å². The van der Waals surface area contributed by atoms with Crippen molar-refractivity contribution in [2.45, 2.75) is 83.7 Å². The number of aromatic nitrogens is 2. The molecule has 1 heterocycles. The number of amides is 1. The van der Waals surface area contributed by atoms with Gasteiger partial charge in [0.05, 0.1) is 10.9 Å². The molecule has 0 spiro atoms. The van der Waals surface area contributed by atoms with E-state index in [0.717, 1.165) is 47.0 Å². The van der Waals surface area contributed by atoms with E-state index in [4.69, 9.17) is 12.2 Å². The van der Waals surface area contributed by atoms with Crippen LogP contribution in [-0.4, -0.2) is 21.5 Å². The van der Waals surface area contributed by atoms with Crippen molar-refractivity contribution in [3.63, 3.8) is 0 Å². The molecule has 0 unspecified atom stereocenters. The smallest absolute Gasteiger partial charge is 0.262 e. The van der Waals surface area contributed by atoms with Gasteiger partial charge in [-0.3, -0.25) is 14.2 Å². The summed E-state index contributed by atoms with van der Waals surface area (Å²) < 4.78 is 2.97. The van der Waals surface area contributed by atoms with Crippen molar-refractivity contribution in [3.05, 3.63) is 37.8 Å². The predicted octanol–water partition coefficient (Wildman–Crippen LogP) is 6.10. The van der Waals surface area contributed by atoms with Crippen molar-refractivity contribution >= 4 is 45.0 Å². The number of benzene rings is 1. The van der Waals surface area contributed by atoms with Crippen molar-refractivity contribution in [1.82, 2.24) is 14.9 Å². The SMILES string of the molecule is C[C@H](NC(=O)CCCCCn1c(=S)[nH]c2ccc(Br)cc2c1=O)C12CC3CC(CC(C3)C1)C2. The molecule has 4 saturated carbocycles. The average Bonchev–Trinajstić information content (AvgIpc) is 2.75. The molecule has 4 aliphatic rings. The lowest BCUT2D eigenvalue weighted by Crippen LogP contribution is -2.55. The number of fused-ring (bicyclic) bond motifs is 1. The van der Waals surface area contributed by atoms with Gasteiger partial charge >= 0.3 is 0 Å². The van der Waals surface area contributed by atoms with Gasteiger partial charge in [-0.15, -0.1) is 0 Å². The Morgan fingerprint density at radius 3 is 2.52 bits per heavy atom. The number of aromatic amines is 1. The summed E-state index contributed by atoms with van der Waals surface area (Å²) >= 11 is 8.84. The van der Waals surface area contributed by atoms with Gasteiger partial charge in [0, 0.05) is 23.5 Å². The number of unbranched alkanes of at least 4 members (excludes halogenated alkanes) is 2. The second kappa shape index (κ2) is 9.29. The lowest BCUT2D eigenvalue weighted by molar-refractivity contribution is -0.126. The van der Waals surface area contributed by atoms with Crippen LogP contribution in [0.5, 0.6) is 0 Å². The summed E-state index contributed by atoms with van der Waals surface area (Å²) in [4.78, 5) is 28.7. The molecule has 1 aromatic heterocycles. The van der Waals surface area contributed by atoms with E-state index in [1.54, 1.807) is 4.57 Å². The first kappa shape index (κ1) is 23.3. The number of hydrogen-bond acceptors (Lipinski definition) is 3. The van der Waals surface area contributed by atoms with E-state index in [1.807, 2.05) is 18.2 Å². The number of rotatable bonds is 8. The Bertz CT molecular complexity index is 1140. The largest absolute Gasteiger partial charge is 0.353 e. The van der Waals surface area contributed by atoms with Crippen LogP contribution in [0.1, 0.15) is 71.1 Å². The second-order valence-corrected chi connectivity index (χ2v) is 12.3. The molecule has 4 bridgehead atoms. The molecule has 7 heteroatoms. The third-order valence-electron chi connectivity index (χ3n) is 8.61. The Labute approximate surface area is 208 Å². The van der Waals surface area contributed by atoms with Crippen LogP contribution in [-0.2, 0) is 11.3 Å². The second-order valence-electron chi connectivity index (χ2n) is 11.0. The molecule has 0 radical (unpaired) electrons. The molecule has 178 valence electrons. The monoisotopic (exact) mass is 531 g/mol. The zero-order valence-corrected chi connectivity index (χ0v) is 21.8. The molecule has 6 rings (SSSR count). The third kappa shape index (κ3) is 4.72. The molecular formula is C26H34BrN3O2S. The molecule has 1 atom stereocenters. The van der Waals surface area contributed by atoms with Crippen molar-refractivity contribution in [2.24, 2.45) is 23.2 Å². The van der Waals surface area contributed by atoms with Crippen LogP contribution in [0, 0.1) is 27.9 Å². The zero-order chi connectivity index (χ0) is 23.2. The van der Waals surface area contributed by atoms with Crippen LogP contribution in [0.25, 0.3) is 10.9 Å². The maximum atomic E-state index is 12.8. The summed E-state index contributed by atoms with van der Waals surface area (Å²) in [5, 5.41) is 4.00. The Balaban J connectivity index is 1.10. The highest BCUT2D eigenvalue weighted by molar-refractivity contribution is 9.10. The zero-order valence-electron chi connectivity index (χ0n) is 19.4. The maximum Gasteiger partial charge on any atom is 0.262 e. The highest BCUT2D eigenvalue weighted by atomic mass is 79.9. The van der Waals surface area contributed by atoms with E-state index in [-0.39, 0.29) is 17.5 Å². The summed E-state index contributed by atoms with van der Waals surface area (Å²) in [7, 11) is 0. The first-order valence-electron chi connectivity index (χ1n) is 12.5. The third-order valence-corrected chi connectivity index (χ3v) is 9.43. The number of carbonyl (C=O) groups is 1. The maximum absolute atomic E-state index is 12.8. The Kier molecular flexibility index (Phi) is 6.55. The Morgan fingerprint density at radius 2 is 1.85 bits per heavy atom. The Hall–Kier alpha value is -1.47. The average molecular weight is 533 g/mol. The van der Waals surface area contributed by atoms with Gasteiger partial charge < -0.3 is 10.3 Å². The fourth-order valence-electron chi connectivity index (χ4n) is 7.33. The summed E-state index contributed by atoms with van der Waals surface area (Å²) in [6.07, 6.45) is 11.4. The fourth-order valence-corrected chi connectivity index (χ4v) is 7.98. The lowest BCUT2D eigenvalue weighted by atomic mass is 9.48. The van der Waals surface area contributed by atoms with Gasteiger partial charge in [-0.1, -0.05) is 22.4 Å². The molecule has 1 amide bonds. The van der Waals surface area contributed by atoms with E-state index in [0.29, 0.717) is 28.5 Å². The Morgan fingerprint density at radius 1 is 1.18 bits per heavy atom. The molecule has 4 aliphatic carbocycles. The van der Waals surface area contributed by atoms with Gasteiger partial charge in [0.1, 0.15) is 0 Å². The molecule has 0 aliphatic heterocycles. The van der Waals surface area contributed by atoms with Crippen molar-refractivity contribution < 1.29 is 4.79 Å². The summed E-state index contributed by atoms with van der Waals surface area (Å²) in [5.41, 5.74) is 1.05. The molecular weight excluding hydrogens is 498 g/mol. The quantitative estimate of drug-likeness (QED) is 0.319. The van der Waals surface area contributed by atoms with Gasteiger partial charge in [0.25, 0.3) is 5.56 Å². The van der Waals surface area contributed by atoms with Crippen LogP contribution in [0.15, 0.2) is 27.5 Å². The fraction of sp³-hybridized carbons (Fsp3) is 0.654. The predicted molar refractivity (Wildman–Crippen MR) is 138 cm³/mol. The number of hydrogen-bond donors (Lipinski definition) is 2. The molecule has 2 aromatic rings. The summed E-state index contributed by atoms with van der Waals surface area (Å²) in [6.45, 7) is 2.82. The minimum atomic E-state index is -0.0582. The van der Waals surface area contributed by atoms with E-state index in [9.17, 15) is 9.59 Å². The van der Waals surface area contributed by atoms with Crippen LogP contribution in [0.3, 0.4) is 0 Å². The summed E-state index contributed by atoms with van der Waals surface area (Å²) in [5.74, 6) is 2.90. The number of carbonyl (C=O) groups excluding carboxylic acids is 1. The van der Waals surface area contributed by atoms with Crippen LogP contribution >= 0.6 is 28.1 Å². The van der Waals surface area contributed by atoms with Crippen LogP contribution < -0.4 is 10.9 Å². The van der Waals surface area contributed by atoms with Gasteiger partial charge in [0.15, 0.2) is 4.77 Å². The standard InChI is InChI=1S/C26H34BrN3O2S/c1-16(26-13-17-9-18(14-26)11-19(10-17)15-26)28-23(31)5-3-2-4-8-30-24(32)21-12-20(27)6-7-22(21)29-25(30)33/h6-7,12,16-19H,2-5,8-11,13-15H2,1H3,(H,28,31)(H,29,33)/t16-,17?,18?,19?,26?/m0/s1. The minimum absolute atomic E-state index is 0.0582. The van der Waals surface area contributed by atoms with E-state index >= 15 is 0 Å². The van der Waals surface area contributed by atoms with Crippen LogP contribution in [0.4, 0.5) is 0 Å². The molecule has 5 nitrogen and oxygen atoms in total.